The molecule has 2 aromatic rings. The Bertz CT molecular complexity index is 648. The maximum atomic E-state index is 13.7. The van der Waals surface area contributed by atoms with Gasteiger partial charge in [-0.2, -0.15) is 5.26 Å². The third kappa shape index (κ3) is 2.86. The molecule has 0 saturated heterocycles. The number of nitriles is 1. The standard InChI is InChI=1S/C14H9F3N2/c15-11-4-5-12(16)13(6-11)19-8-10-3-1-2-9(7-18)14(10)17/h1-6,19H,8H2. The molecule has 0 radical (unpaired) electrons. The van der Waals surface area contributed by atoms with E-state index in [2.05, 4.69) is 5.32 Å². The van der Waals surface area contributed by atoms with Crippen LogP contribution in [0.3, 0.4) is 0 Å². The minimum absolute atomic E-state index is 0.0400. The number of rotatable bonds is 3. The van der Waals surface area contributed by atoms with Gasteiger partial charge >= 0.3 is 0 Å². The van der Waals surface area contributed by atoms with E-state index in [1.807, 2.05) is 0 Å². The van der Waals surface area contributed by atoms with E-state index < -0.39 is 17.5 Å². The van der Waals surface area contributed by atoms with Crippen molar-refractivity contribution in [2.24, 2.45) is 0 Å². The molecule has 5 heteroatoms. The van der Waals surface area contributed by atoms with E-state index in [0.29, 0.717) is 0 Å². The van der Waals surface area contributed by atoms with Gasteiger partial charge in [0.2, 0.25) is 0 Å². The average molecular weight is 262 g/mol. The molecule has 0 aliphatic heterocycles. The summed E-state index contributed by atoms with van der Waals surface area (Å²) < 4.78 is 40.0. The Morgan fingerprint density at radius 2 is 1.89 bits per heavy atom. The molecule has 0 spiro atoms. The molecule has 0 unspecified atom stereocenters. The van der Waals surface area contributed by atoms with Gasteiger partial charge in [-0.15, -0.1) is 0 Å². The number of nitrogens with zero attached hydrogens (tertiary/aromatic N) is 1. The van der Waals surface area contributed by atoms with Crippen molar-refractivity contribution in [3.05, 3.63) is 65.0 Å². The van der Waals surface area contributed by atoms with Gasteiger partial charge in [-0.3, -0.25) is 0 Å². The van der Waals surface area contributed by atoms with Gasteiger partial charge in [0.1, 0.15) is 23.5 Å². The molecular weight excluding hydrogens is 253 g/mol. The Morgan fingerprint density at radius 1 is 1.11 bits per heavy atom. The van der Waals surface area contributed by atoms with Gasteiger partial charge in [0.05, 0.1) is 11.3 Å². The van der Waals surface area contributed by atoms with Crippen LogP contribution in [0.25, 0.3) is 0 Å². The van der Waals surface area contributed by atoms with Crippen LogP contribution >= 0.6 is 0 Å². The zero-order valence-electron chi connectivity index (χ0n) is 9.75. The van der Waals surface area contributed by atoms with E-state index in [9.17, 15) is 13.2 Å². The summed E-state index contributed by atoms with van der Waals surface area (Å²) in [7, 11) is 0. The Labute approximate surface area is 108 Å². The van der Waals surface area contributed by atoms with Crippen LogP contribution < -0.4 is 5.32 Å². The van der Waals surface area contributed by atoms with Gasteiger partial charge in [-0.05, 0) is 24.3 Å². The predicted molar refractivity (Wildman–Crippen MR) is 64.8 cm³/mol. The molecule has 0 heterocycles. The third-order valence-corrected chi connectivity index (χ3v) is 2.60. The summed E-state index contributed by atoms with van der Waals surface area (Å²) in [5, 5.41) is 11.3. The summed E-state index contributed by atoms with van der Waals surface area (Å²) in [4.78, 5) is 0. The number of hydrogen-bond acceptors (Lipinski definition) is 2. The Hall–Kier alpha value is -2.48. The molecule has 0 bridgehead atoms. The highest BCUT2D eigenvalue weighted by Crippen LogP contribution is 2.18. The molecular formula is C14H9F3N2. The first kappa shape index (κ1) is 13.0. The van der Waals surface area contributed by atoms with Crippen LogP contribution in [0.4, 0.5) is 18.9 Å². The second-order valence-corrected chi connectivity index (χ2v) is 3.87. The van der Waals surface area contributed by atoms with Crippen molar-refractivity contribution in [2.45, 2.75) is 6.54 Å². The average Bonchev–Trinajstić information content (AvgIpc) is 2.41. The van der Waals surface area contributed by atoms with Crippen molar-refractivity contribution in [1.82, 2.24) is 0 Å². The van der Waals surface area contributed by atoms with E-state index >= 15 is 0 Å². The largest absolute Gasteiger partial charge is 0.378 e. The smallest absolute Gasteiger partial charge is 0.146 e. The molecule has 0 aromatic heterocycles. The van der Waals surface area contributed by atoms with E-state index in [-0.39, 0.29) is 23.4 Å². The quantitative estimate of drug-likeness (QED) is 0.917. The van der Waals surface area contributed by atoms with Crippen LogP contribution in [0.2, 0.25) is 0 Å². The molecule has 0 atom stereocenters. The van der Waals surface area contributed by atoms with Crippen LogP contribution in [-0.2, 0) is 6.54 Å². The first-order valence-electron chi connectivity index (χ1n) is 5.48. The summed E-state index contributed by atoms with van der Waals surface area (Å²) >= 11 is 0. The molecule has 0 aliphatic carbocycles. The van der Waals surface area contributed by atoms with Gasteiger partial charge in [-0.25, -0.2) is 13.2 Å². The van der Waals surface area contributed by atoms with Crippen molar-refractivity contribution in [2.75, 3.05) is 5.32 Å². The lowest BCUT2D eigenvalue weighted by Gasteiger charge is -2.09. The zero-order chi connectivity index (χ0) is 13.8. The van der Waals surface area contributed by atoms with Crippen LogP contribution in [0.1, 0.15) is 11.1 Å². The topological polar surface area (TPSA) is 35.8 Å². The molecule has 0 saturated carbocycles. The van der Waals surface area contributed by atoms with Crippen LogP contribution in [0.15, 0.2) is 36.4 Å². The normalized spacial score (nSPS) is 10.0. The van der Waals surface area contributed by atoms with Gasteiger partial charge in [0.15, 0.2) is 0 Å². The fraction of sp³-hybridized carbons (Fsp3) is 0.0714. The van der Waals surface area contributed by atoms with Crippen LogP contribution in [-0.4, -0.2) is 0 Å². The Balaban J connectivity index is 2.20. The summed E-state index contributed by atoms with van der Waals surface area (Å²) in [6.07, 6.45) is 0. The number of hydrogen-bond donors (Lipinski definition) is 1. The molecule has 2 rings (SSSR count). The number of halogens is 3. The van der Waals surface area contributed by atoms with Crippen molar-refractivity contribution >= 4 is 5.69 Å². The summed E-state index contributed by atoms with van der Waals surface area (Å²) in [5.74, 6) is -1.87. The van der Waals surface area contributed by atoms with Gasteiger partial charge in [0, 0.05) is 12.1 Å². The van der Waals surface area contributed by atoms with Crippen molar-refractivity contribution in [1.29, 1.82) is 5.26 Å². The first-order valence-corrected chi connectivity index (χ1v) is 5.48. The highest BCUT2D eigenvalue weighted by atomic mass is 19.1. The number of nitrogens with one attached hydrogen (secondary N) is 1. The van der Waals surface area contributed by atoms with Crippen molar-refractivity contribution < 1.29 is 13.2 Å². The van der Waals surface area contributed by atoms with Crippen molar-refractivity contribution in [3.63, 3.8) is 0 Å². The Morgan fingerprint density at radius 3 is 2.63 bits per heavy atom. The highest BCUT2D eigenvalue weighted by Gasteiger charge is 2.09. The first-order chi connectivity index (χ1) is 9.11. The third-order valence-electron chi connectivity index (χ3n) is 2.60. The molecule has 0 aliphatic rings. The molecule has 0 fully saturated rings. The van der Waals surface area contributed by atoms with Crippen molar-refractivity contribution in [3.8, 4) is 6.07 Å². The molecule has 0 amide bonds. The van der Waals surface area contributed by atoms with E-state index in [1.54, 1.807) is 6.07 Å². The van der Waals surface area contributed by atoms with Gasteiger partial charge in [-0.1, -0.05) is 12.1 Å². The van der Waals surface area contributed by atoms with E-state index in [1.165, 1.54) is 18.2 Å². The van der Waals surface area contributed by atoms with Gasteiger partial charge in [0.25, 0.3) is 0 Å². The molecule has 2 nitrogen and oxygen atoms in total. The summed E-state index contributed by atoms with van der Waals surface area (Å²) in [6, 6.07) is 9.04. The van der Waals surface area contributed by atoms with Crippen LogP contribution in [0, 0.1) is 28.8 Å². The molecule has 1 N–H and O–H groups in total. The second kappa shape index (κ2) is 5.44. The minimum atomic E-state index is -0.658. The summed E-state index contributed by atoms with van der Waals surface area (Å²) in [5.41, 5.74) is 0.0727. The lowest BCUT2D eigenvalue weighted by molar-refractivity contribution is 0.599. The lowest BCUT2D eigenvalue weighted by Crippen LogP contribution is -2.04. The number of benzene rings is 2. The fourth-order valence-corrected chi connectivity index (χ4v) is 1.63. The Kier molecular flexibility index (Phi) is 3.71. The fourth-order valence-electron chi connectivity index (χ4n) is 1.63. The van der Waals surface area contributed by atoms with Crippen LogP contribution in [0.5, 0.6) is 0 Å². The second-order valence-electron chi connectivity index (χ2n) is 3.87. The molecule has 2 aromatic carbocycles. The maximum Gasteiger partial charge on any atom is 0.146 e. The maximum absolute atomic E-state index is 13.7. The zero-order valence-corrected chi connectivity index (χ0v) is 9.75. The monoisotopic (exact) mass is 262 g/mol. The van der Waals surface area contributed by atoms with E-state index in [4.69, 9.17) is 5.26 Å². The van der Waals surface area contributed by atoms with E-state index in [0.717, 1.165) is 18.2 Å². The molecule has 96 valence electrons. The lowest BCUT2D eigenvalue weighted by atomic mass is 10.1. The number of anilines is 1. The predicted octanol–water partition coefficient (Wildman–Crippen LogP) is 3.59. The van der Waals surface area contributed by atoms with Gasteiger partial charge < -0.3 is 5.32 Å². The highest BCUT2D eigenvalue weighted by molar-refractivity contribution is 5.46. The molecule has 19 heavy (non-hydrogen) atoms. The SMILES string of the molecule is N#Cc1cccc(CNc2cc(F)ccc2F)c1F. The minimum Gasteiger partial charge on any atom is -0.378 e. The summed E-state index contributed by atoms with van der Waals surface area (Å²) in [6.45, 7) is -0.0400.